The molecule has 450 valence electrons. The van der Waals surface area contributed by atoms with E-state index in [0.717, 1.165) is 89.8 Å². The summed E-state index contributed by atoms with van der Waals surface area (Å²) in [5.74, 6) is 0.720. The third-order valence-electron chi connectivity index (χ3n) is 12.6. The van der Waals surface area contributed by atoms with Crippen LogP contribution in [0.1, 0.15) is 165 Å². The number of rotatable bonds is 9. The average molecular weight is 1160 g/mol. The van der Waals surface area contributed by atoms with Crippen LogP contribution in [0.2, 0.25) is 0 Å². The van der Waals surface area contributed by atoms with Gasteiger partial charge in [-0.2, -0.15) is 0 Å². The molecule has 0 saturated heterocycles. The number of Topliss-reactive ketones (excluding diaryl/α,β-unsaturated/α-hetero) is 1. The van der Waals surface area contributed by atoms with Crippen LogP contribution in [0.3, 0.4) is 0 Å². The molecule has 8 aromatic rings. The molecule has 0 bridgehead atoms. The summed E-state index contributed by atoms with van der Waals surface area (Å²) in [5.41, 5.74) is 14.9. The second-order valence-electron chi connectivity index (χ2n) is 19.4. The standard InChI is InChI=1S/C11H14O2.2C9H11F.2C9H12.2C8H9F.C6H6OS.C5H10.CH4/c1-3-9-4-8(2)5-11-10(9)6-12-7-13-11;1-3-8-5-4-7(2)9(10)6-8;1-3-8-5-4-7(2)6-9(8)10;2*1-3-9-6-4-5-8(2)7-9;1-2-7-3-5-8(9)6-4-7;1-2-7-5-3-4-6-8(7)9;1-5(7)6-3-2-4-8-6;1-3-5-4-2;/h4-5H,3,6-7H2,1-2H3;2*4-6H,3H2,1-2H3;2*4-7H,3H2,1-2H3;2*3-6H,2H2,1H3;2-4H,1H3;3,5H,4H2,1-2H3;1H4. The van der Waals surface area contributed by atoms with E-state index in [4.69, 9.17) is 9.47 Å². The summed E-state index contributed by atoms with van der Waals surface area (Å²) >= 11 is 1.48. The molecule has 0 spiro atoms. The summed E-state index contributed by atoms with van der Waals surface area (Å²) in [6, 6.07) is 49.3. The maximum absolute atomic E-state index is 12.9. The molecule has 83 heavy (non-hydrogen) atoms. The van der Waals surface area contributed by atoms with E-state index in [1.165, 1.54) is 74.0 Å². The summed E-state index contributed by atoms with van der Waals surface area (Å²) in [5, 5.41) is 1.90. The summed E-state index contributed by atoms with van der Waals surface area (Å²) < 4.78 is 61.1. The first-order valence-corrected chi connectivity index (χ1v) is 29.8. The number of ketones is 1. The summed E-state index contributed by atoms with van der Waals surface area (Å²) in [6.07, 6.45) is 12.1. The van der Waals surface area contributed by atoms with Crippen LogP contribution >= 0.6 is 11.3 Å². The van der Waals surface area contributed by atoms with E-state index in [1.807, 2.05) is 89.4 Å². The van der Waals surface area contributed by atoms with E-state index in [0.29, 0.717) is 13.4 Å². The van der Waals surface area contributed by atoms with Gasteiger partial charge in [0.15, 0.2) is 12.6 Å². The van der Waals surface area contributed by atoms with Crippen LogP contribution in [0.15, 0.2) is 175 Å². The highest BCUT2D eigenvalue weighted by molar-refractivity contribution is 7.12. The van der Waals surface area contributed by atoms with Crippen molar-refractivity contribution in [2.24, 2.45) is 0 Å². The fourth-order valence-corrected chi connectivity index (χ4v) is 8.22. The van der Waals surface area contributed by atoms with Gasteiger partial charge in [0.25, 0.3) is 0 Å². The minimum absolute atomic E-state index is 0. The van der Waals surface area contributed by atoms with E-state index in [2.05, 4.69) is 121 Å². The maximum atomic E-state index is 12.9. The molecule has 0 amide bonds. The van der Waals surface area contributed by atoms with Gasteiger partial charge >= 0.3 is 0 Å². The van der Waals surface area contributed by atoms with E-state index in [9.17, 15) is 22.4 Å². The van der Waals surface area contributed by atoms with Gasteiger partial charge in [-0.3, -0.25) is 4.79 Å². The first-order valence-electron chi connectivity index (χ1n) is 28.9. The van der Waals surface area contributed by atoms with E-state index >= 15 is 0 Å². The lowest BCUT2D eigenvalue weighted by molar-refractivity contribution is -0.0168. The Kier molecular flexibility index (Phi) is 41.8. The van der Waals surface area contributed by atoms with Crippen molar-refractivity contribution in [3.8, 4) is 5.75 Å². The molecule has 1 aliphatic rings. The topological polar surface area (TPSA) is 35.5 Å². The van der Waals surface area contributed by atoms with Crippen molar-refractivity contribution in [3.63, 3.8) is 0 Å². The molecule has 3 nitrogen and oxygen atoms in total. The van der Waals surface area contributed by atoms with Crippen molar-refractivity contribution in [2.45, 2.75) is 169 Å². The second-order valence-corrected chi connectivity index (χ2v) is 20.3. The molecule has 1 aliphatic heterocycles. The number of ether oxygens (including phenoxy) is 2. The normalized spacial score (nSPS) is 10.3. The van der Waals surface area contributed by atoms with E-state index < -0.39 is 0 Å². The zero-order valence-electron chi connectivity index (χ0n) is 52.0. The lowest BCUT2D eigenvalue weighted by Gasteiger charge is -2.20. The first-order chi connectivity index (χ1) is 39.3. The number of hydrogen-bond acceptors (Lipinski definition) is 4. The number of hydrogen-bond donors (Lipinski definition) is 0. The zero-order valence-corrected chi connectivity index (χ0v) is 52.8. The Labute approximate surface area is 503 Å². The number of benzene rings is 7. The molecular weight excluding hydrogens is 1060 g/mol. The second kappa shape index (κ2) is 45.6. The monoisotopic (exact) mass is 1150 g/mol. The highest BCUT2D eigenvalue weighted by atomic mass is 32.1. The molecule has 0 radical (unpaired) electrons. The highest BCUT2D eigenvalue weighted by Crippen LogP contribution is 2.29. The Morgan fingerprint density at radius 3 is 1.43 bits per heavy atom. The molecule has 0 atom stereocenters. The summed E-state index contributed by atoms with van der Waals surface area (Å²) in [4.78, 5) is 11.4. The van der Waals surface area contributed by atoms with Gasteiger partial charge in [-0.05, 0) is 203 Å². The third kappa shape index (κ3) is 33.1. The molecular formula is C75H98F4O3S. The molecule has 0 unspecified atom stereocenters. The minimum Gasteiger partial charge on any atom is -0.467 e. The zero-order chi connectivity index (χ0) is 61.2. The first kappa shape index (κ1) is 76.1. The van der Waals surface area contributed by atoms with E-state index in [1.54, 1.807) is 50.2 Å². The van der Waals surface area contributed by atoms with Gasteiger partial charge in [-0.1, -0.05) is 201 Å². The molecule has 0 fully saturated rings. The largest absolute Gasteiger partial charge is 0.467 e. The van der Waals surface area contributed by atoms with Gasteiger partial charge in [0, 0.05) is 5.56 Å². The molecule has 2 heterocycles. The number of halogens is 4. The van der Waals surface area contributed by atoms with Crippen molar-refractivity contribution in [1.29, 1.82) is 0 Å². The molecule has 9 rings (SSSR count). The van der Waals surface area contributed by atoms with Crippen LogP contribution in [-0.2, 0) is 56.3 Å². The third-order valence-corrected chi connectivity index (χ3v) is 13.6. The number of allylic oxidation sites excluding steroid dienone is 2. The minimum atomic E-state index is -0.160. The van der Waals surface area contributed by atoms with Gasteiger partial charge in [-0.15, -0.1) is 11.3 Å². The van der Waals surface area contributed by atoms with Crippen LogP contribution in [0, 0.1) is 57.9 Å². The molecule has 1 aromatic heterocycles. The van der Waals surface area contributed by atoms with Crippen molar-refractivity contribution in [2.75, 3.05) is 6.79 Å². The number of carbonyl (C=O) groups is 1. The van der Waals surface area contributed by atoms with Gasteiger partial charge in [0.1, 0.15) is 29.0 Å². The Balaban J connectivity index is 0.000000917. The lowest BCUT2D eigenvalue weighted by atomic mass is 10.0. The summed E-state index contributed by atoms with van der Waals surface area (Å²) in [6.45, 7) is 31.3. The summed E-state index contributed by atoms with van der Waals surface area (Å²) in [7, 11) is 0. The van der Waals surface area contributed by atoms with Crippen molar-refractivity contribution < 1.29 is 31.8 Å². The van der Waals surface area contributed by atoms with Crippen molar-refractivity contribution in [1.82, 2.24) is 0 Å². The molecule has 0 saturated carbocycles. The van der Waals surface area contributed by atoms with Crippen LogP contribution in [0.5, 0.6) is 5.75 Å². The number of thiophene rings is 1. The highest BCUT2D eigenvalue weighted by Gasteiger charge is 2.14. The Hall–Kier alpha value is -6.87. The fourth-order valence-electron chi connectivity index (χ4n) is 7.59. The molecule has 8 heteroatoms. The van der Waals surface area contributed by atoms with E-state index in [-0.39, 0.29) is 36.5 Å². The SMILES string of the molecule is C.CC(=O)c1cccs1.CC=CCC.CCc1cc(C)cc2c1COCO2.CCc1ccc(C)c(F)c1.CCc1ccc(C)cc1F.CCc1ccc(F)cc1.CCc1cccc(C)c1.CCc1cccc(C)c1.CCc1ccccc1F. The van der Waals surface area contributed by atoms with Gasteiger partial charge in [0.2, 0.25) is 0 Å². The predicted octanol–water partition coefficient (Wildman–Crippen LogP) is 22.3. The molecule has 0 N–H and O–H groups in total. The smallest absolute Gasteiger partial charge is 0.189 e. The lowest BCUT2D eigenvalue weighted by Crippen LogP contribution is -2.13. The average Bonchev–Trinajstić information content (AvgIpc) is 4.04. The molecule has 7 aromatic carbocycles. The quantitative estimate of drug-likeness (QED) is 0.0821. The Morgan fingerprint density at radius 2 is 1.02 bits per heavy atom. The van der Waals surface area contributed by atoms with Gasteiger partial charge in [-0.25, -0.2) is 17.6 Å². The predicted molar refractivity (Wildman–Crippen MR) is 351 cm³/mol. The van der Waals surface area contributed by atoms with Crippen LogP contribution in [-0.4, -0.2) is 12.6 Å². The Bertz CT molecular complexity index is 2930. The van der Waals surface area contributed by atoms with Crippen LogP contribution < -0.4 is 4.74 Å². The fraction of sp³-hybridized carbons (Fsp3) is 0.347. The number of aryl methyl sites for hydroxylation is 12. The number of carbonyl (C=O) groups excluding carboxylic acids is 1. The van der Waals surface area contributed by atoms with Crippen LogP contribution in [0.25, 0.3) is 0 Å². The van der Waals surface area contributed by atoms with Crippen molar-refractivity contribution in [3.05, 3.63) is 276 Å². The van der Waals surface area contributed by atoms with Crippen LogP contribution in [0.4, 0.5) is 17.6 Å². The molecule has 0 aliphatic carbocycles. The van der Waals surface area contributed by atoms with Crippen molar-refractivity contribution >= 4 is 17.1 Å². The van der Waals surface area contributed by atoms with Gasteiger partial charge in [0.05, 0.1) is 11.5 Å². The maximum Gasteiger partial charge on any atom is 0.189 e. The van der Waals surface area contributed by atoms with Gasteiger partial charge < -0.3 is 9.47 Å². The Morgan fingerprint density at radius 1 is 0.494 bits per heavy atom. The number of fused-ring (bicyclic) bond motifs is 1.